The van der Waals surface area contributed by atoms with Gasteiger partial charge in [-0.1, -0.05) is 12.1 Å². The first-order valence-corrected chi connectivity index (χ1v) is 4.17. The molecule has 70 valence electrons. The summed E-state index contributed by atoms with van der Waals surface area (Å²) in [5.74, 6) is -2.10. The first-order valence-electron chi connectivity index (χ1n) is 4.17. The maximum Gasteiger partial charge on any atom is 0.285 e. The molecule has 0 bridgehead atoms. The molecule has 3 heteroatoms. The molecule has 2 rings (SSSR count). The summed E-state index contributed by atoms with van der Waals surface area (Å²) < 4.78 is 30.7. The molecule has 0 radical (unpaired) electrons. The van der Waals surface area contributed by atoms with Crippen molar-refractivity contribution >= 4 is 0 Å². The minimum atomic E-state index is -2.71. The molecule has 0 aliphatic carbocycles. The van der Waals surface area contributed by atoms with E-state index in [0.717, 1.165) is 5.56 Å². The van der Waals surface area contributed by atoms with Gasteiger partial charge < -0.3 is 4.74 Å². The molecule has 0 fully saturated rings. The van der Waals surface area contributed by atoms with E-state index in [-0.39, 0.29) is 6.42 Å². The molecule has 0 aromatic heterocycles. The number of ether oxygens (including phenoxy) is 1. The maximum atomic E-state index is 12.9. The predicted molar refractivity (Wildman–Crippen MR) is 45.3 cm³/mol. The minimum absolute atomic E-state index is 0.206. The molecule has 1 aromatic carbocycles. The highest BCUT2D eigenvalue weighted by Crippen LogP contribution is 2.32. The third-order valence-electron chi connectivity index (χ3n) is 2.11. The van der Waals surface area contributed by atoms with Crippen LogP contribution in [0.2, 0.25) is 0 Å². The van der Waals surface area contributed by atoms with E-state index in [0.29, 0.717) is 11.3 Å². The second-order valence-electron chi connectivity index (χ2n) is 3.43. The molecular formula is C10H10F2O. The Morgan fingerprint density at radius 3 is 2.92 bits per heavy atom. The number of fused-ring (bicyclic) bond motifs is 1. The van der Waals surface area contributed by atoms with Crippen LogP contribution in [-0.4, -0.2) is 12.5 Å². The van der Waals surface area contributed by atoms with E-state index in [1.165, 1.54) is 0 Å². The van der Waals surface area contributed by atoms with E-state index >= 15 is 0 Å². The zero-order chi connectivity index (χ0) is 9.47. The van der Waals surface area contributed by atoms with Crippen LogP contribution in [0.25, 0.3) is 0 Å². The van der Waals surface area contributed by atoms with E-state index in [4.69, 9.17) is 4.74 Å². The van der Waals surface area contributed by atoms with Gasteiger partial charge in [0.1, 0.15) is 5.75 Å². The highest BCUT2D eigenvalue weighted by atomic mass is 19.3. The number of hydrogen-bond acceptors (Lipinski definition) is 1. The van der Waals surface area contributed by atoms with E-state index in [1.807, 2.05) is 13.0 Å². The summed E-state index contributed by atoms with van der Waals surface area (Å²) in [6.07, 6.45) is -0.206. The maximum absolute atomic E-state index is 12.9. The Labute approximate surface area is 75.3 Å². The van der Waals surface area contributed by atoms with Gasteiger partial charge in [-0.25, -0.2) is 8.78 Å². The number of aryl methyl sites for hydroxylation is 1. The lowest BCUT2D eigenvalue weighted by atomic mass is 10.0. The average Bonchev–Trinajstić information content (AvgIpc) is 2.05. The summed E-state index contributed by atoms with van der Waals surface area (Å²) >= 11 is 0. The lowest BCUT2D eigenvalue weighted by molar-refractivity contribution is -0.0514. The molecule has 1 nitrogen and oxygen atoms in total. The Morgan fingerprint density at radius 2 is 2.15 bits per heavy atom. The summed E-state index contributed by atoms with van der Waals surface area (Å²) in [7, 11) is 0. The fraction of sp³-hybridized carbons (Fsp3) is 0.400. The van der Waals surface area contributed by atoms with Gasteiger partial charge >= 0.3 is 0 Å². The van der Waals surface area contributed by atoms with Crippen molar-refractivity contribution in [2.75, 3.05) is 6.61 Å². The first-order chi connectivity index (χ1) is 6.07. The predicted octanol–water partition coefficient (Wildman–Crippen LogP) is 2.57. The third kappa shape index (κ3) is 1.64. The van der Waals surface area contributed by atoms with E-state index < -0.39 is 12.5 Å². The molecule has 0 saturated heterocycles. The fourth-order valence-corrected chi connectivity index (χ4v) is 1.46. The number of benzene rings is 1. The Balaban J connectivity index is 2.37. The van der Waals surface area contributed by atoms with Gasteiger partial charge in [0.05, 0.1) is 0 Å². The van der Waals surface area contributed by atoms with Gasteiger partial charge in [-0.3, -0.25) is 0 Å². The molecule has 0 unspecified atom stereocenters. The molecule has 0 amide bonds. The largest absolute Gasteiger partial charge is 0.487 e. The zero-order valence-corrected chi connectivity index (χ0v) is 7.31. The average molecular weight is 184 g/mol. The lowest BCUT2D eigenvalue weighted by Gasteiger charge is -2.25. The van der Waals surface area contributed by atoms with Crippen LogP contribution in [0.1, 0.15) is 11.1 Å². The molecular weight excluding hydrogens is 174 g/mol. The molecule has 1 aliphatic heterocycles. The Kier molecular flexibility index (Phi) is 1.75. The van der Waals surface area contributed by atoms with Crippen LogP contribution >= 0.6 is 0 Å². The Hall–Kier alpha value is -1.12. The van der Waals surface area contributed by atoms with Crippen LogP contribution in [-0.2, 0) is 6.42 Å². The van der Waals surface area contributed by atoms with Gasteiger partial charge in [0.15, 0.2) is 6.61 Å². The van der Waals surface area contributed by atoms with Crippen LogP contribution in [0.15, 0.2) is 18.2 Å². The summed E-state index contributed by atoms with van der Waals surface area (Å²) in [6.45, 7) is 1.42. The van der Waals surface area contributed by atoms with Crippen molar-refractivity contribution in [1.29, 1.82) is 0 Å². The zero-order valence-electron chi connectivity index (χ0n) is 7.31. The third-order valence-corrected chi connectivity index (χ3v) is 2.11. The second kappa shape index (κ2) is 2.69. The van der Waals surface area contributed by atoms with Gasteiger partial charge in [-0.05, 0) is 18.6 Å². The fourth-order valence-electron chi connectivity index (χ4n) is 1.46. The van der Waals surface area contributed by atoms with Crippen molar-refractivity contribution in [1.82, 2.24) is 0 Å². The molecule has 0 saturated carbocycles. The summed E-state index contributed by atoms with van der Waals surface area (Å²) in [5, 5.41) is 0. The van der Waals surface area contributed by atoms with Crippen LogP contribution < -0.4 is 4.74 Å². The Bertz CT molecular complexity index is 334. The van der Waals surface area contributed by atoms with Crippen molar-refractivity contribution in [3.05, 3.63) is 29.3 Å². The minimum Gasteiger partial charge on any atom is -0.487 e. The van der Waals surface area contributed by atoms with E-state index in [2.05, 4.69) is 0 Å². The van der Waals surface area contributed by atoms with Gasteiger partial charge in [-0.2, -0.15) is 0 Å². The van der Waals surface area contributed by atoms with Gasteiger partial charge in [0.25, 0.3) is 5.92 Å². The van der Waals surface area contributed by atoms with Crippen LogP contribution in [0.5, 0.6) is 5.75 Å². The molecule has 0 atom stereocenters. The van der Waals surface area contributed by atoms with Crippen LogP contribution in [0, 0.1) is 6.92 Å². The van der Waals surface area contributed by atoms with Crippen molar-refractivity contribution in [2.45, 2.75) is 19.3 Å². The van der Waals surface area contributed by atoms with Crippen molar-refractivity contribution in [2.24, 2.45) is 0 Å². The SMILES string of the molecule is Cc1ccc2c(c1)OCC(F)(F)C2. The number of alkyl halides is 2. The first kappa shape index (κ1) is 8.48. The van der Waals surface area contributed by atoms with Gasteiger partial charge in [-0.15, -0.1) is 0 Å². The second-order valence-corrected chi connectivity index (χ2v) is 3.43. The molecule has 13 heavy (non-hydrogen) atoms. The van der Waals surface area contributed by atoms with Crippen molar-refractivity contribution in [3.63, 3.8) is 0 Å². The number of hydrogen-bond donors (Lipinski definition) is 0. The van der Waals surface area contributed by atoms with E-state index in [9.17, 15) is 8.78 Å². The monoisotopic (exact) mass is 184 g/mol. The van der Waals surface area contributed by atoms with Crippen molar-refractivity contribution < 1.29 is 13.5 Å². The van der Waals surface area contributed by atoms with Crippen molar-refractivity contribution in [3.8, 4) is 5.75 Å². The standard InChI is InChI=1S/C10H10F2O/c1-7-2-3-8-5-10(11,12)6-13-9(8)4-7/h2-4H,5-6H2,1H3. The van der Waals surface area contributed by atoms with E-state index in [1.54, 1.807) is 12.1 Å². The summed E-state index contributed by atoms with van der Waals surface area (Å²) in [6, 6.07) is 5.33. The van der Waals surface area contributed by atoms with Crippen LogP contribution in [0.3, 0.4) is 0 Å². The van der Waals surface area contributed by atoms with Crippen LogP contribution in [0.4, 0.5) is 8.78 Å². The molecule has 0 spiro atoms. The normalized spacial score (nSPS) is 19.0. The topological polar surface area (TPSA) is 9.23 Å². The number of halogens is 2. The molecule has 1 heterocycles. The molecule has 1 aliphatic rings. The highest BCUT2D eigenvalue weighted by molar-refractivity contribution is 5.39. The van der Waals surface area contributed by atoms with Gasteiger partial charge in [0.2, 0.25) is 0 Å². The number of rotatable bonds is 0. The lowest BCUT2D eigenvalue weighted by Crippen LogP contribution is -2.32. The quantitative estimate of drug-likeness (QED) is 0.602. The summed E-state index contributed by atoms with van der Waals surface area (Å²) in [5.41, 5.74) is 1.63. The molecule has 0 N–H and O–H groups in total. The highest BCUT2D eigenvalue weighted by Gasteiger charge is 2.35. The Morgan fingerprint density at radius 1 is 1.38 bits per heavy atom. The van der Waals surface area contributed by atoms with Gasteiger partial charge in [0, 0.05) is 12.0 Å². The molecule has 1 aromatic rings. The smallest absolute Gasteiger partial charge is 0.285 e. The summed E-state index contributed by atoms with van der Waals surface area (Å²) in [4.78, 5) is 0.